The first-order chi connectivity index (χ1) is 11.6. The third-order valence-electron chi connectivity index (χ3n) is 4.76. The average molecular weight is 344 g/mol. The first-order valence-corrected chi connectivity index (χ1v) is 9.33. The third-order valence-corrected chi connectivity index (χ3v) is 5.46. The fraction of sp³-hybridized carbons (Fsp3) is 0.421. The number of nitrogens with zero attached hydrogens (tertiary/aromatic N) is 1. The van der Waals surface area contributed by atoms with Crippen molar-refractivity contribution in [3.63, 3.8) is 0 Å². The van der Waals surface area contributed by atoms with Crippen molar-refractivity contribution in [3.8, 4) is 0 Å². The summed E-state index contributed by atoms with van der Waals surface area (Å²) in [6, 6.07) is 11.9. The number of aliphatic hydroxyl groups excluding tert-OH is 1. The van der Waals surface area contributed by atoms with E-state index in [4.69, 9.17) is 0 Å². The van der Waals surface area contributed by atoms with Crippen LogP contribution in [0.5, 0.6) is 0 Å². The molecule has 4 nitrogen and oxygen atoms in total. The van der Waals surface area contributed by atoms with Crippen molar-refractivity contribution >= 4 is 17.2 Å². The van der Waals surface area contributed by atoms with Crippen molar-refractivity contribution in [3.05, 3.63) is 58.3 Å². The molecule has 2 N–H and O–H groups in total. The van der Waals surface area contributed by atoms with Gasteiger partial charge in [-0.05, 0) is 47.0 Å². The number of amides is 1. The molecule has 0 saturated carbocycles. The lowest BCUT2D eigenvalue weighted by atomic mass is 9.87. The summed E-state index contributed by atoms with van der Waals surface area (Å²) >= 11 is 1.56. The molecule has 5 heteroatoms. The normalized spacial score (nSPS) is 17.1. The summed E-state index contributed by atoms with van der Waals surface area (Å²) in [6.45, 7) is 4.67. The van der Waals surface area contributed by atoms with Gasteiger partial charge < -0.3 is 15.3 Å². The minimum atomic E-state index is -0.643. The molecule has 0 radical (unpaired) electrons. The van der Waals surface area contributed by atoms with Crippen molar-refractivity contribution in [1.29, 1.82) is 0 Å². The van der Waals surface area contributed by atoms with Gasteiger partial charge in [-0.1, -0.05) is 37.3 Å². The zero-order chi connectivity index (χ0) is 16.9. The van der Waals surface area contributed by atoms with E-state index in [0.717, 1.165) is 24.2 Å². The molecule has 1 aliphatic heterocycles. The first kappa shape index (κ1) is 17.1. The fourth-order valence-electron chi connectivity index (χ4n) is 2.97. The van der Waals surface area contributed by atoms with Crippen LogP contribution in [0.1, 0.15) is 24.2 Å². The summed E-state index contributed by atoms with van der Waals surface area (Å²) in [5.74, 6) is 0.498. The second kappa shape index (κ2) is 7.92. The van der Waals surface area contributed by atoms with Crippen molar-refractivity contribution in [2.24, 2.45) is 11.8 Å². The number of carbonyl (C=O) groups is 1. The summed E-state index contributed by atoms with van der Waals surface area (Å²) in [5.41, 5.74) is 1.96. The lowest BCUT2D eigenvalue weighted by Crippen LogP contribution is -2.50. The Balaban J connectivity index is 1.73. The molecule has 2 unspecified atom stereocenters. The SMILES string of the molecule is CC(C(=O)N(Cc1ccccc1)CC(O)c1ccsc1)C1CNC1. The van der Waals surface area contributed by atoms with Gasteiger partial charge >= 0.3 is 0 Å². The smallest absolute Gasteiger partial charge is 0.226 e. The summed E-state index contributed by atoms with van der Waals surface area (Å²) in [5, 5.41) is 17.6. The van der Waals surface area contributed by atoms with E-state index >= 15 is 0 Å². The number of hydrogen-bond acceptors (Lipinski definition) is 4. The topological polar surface area (TPSA) is 52.6 Å². The molecule has 128 valence electrons. The molecule has 3 rings (SSSR count). The monoisotopic (exact) mass is 344 g/mol. The van der Waals surface area contributed by atoms with E-state index in [1.54, 1.807) is 16.2 Å². The first-order valence-electron chi connectivity index (χ1n) is 8.38. The number of aliphatic hydroxyl groups is 1. The van der Waals surface area contributed by atoms with Crippen LogP contribution in [0.15, 0.2) is 47.2 Å². The molecule has 0 bridgehead atoms. The van der Waals surface area contributed by atoms with Crippen molar-refractivity contribution in [2.45, 2.75) is 19.6 Å². The molecule has 1 saturated heterocycles. The molecule has 2 atom stereocenters. The van der Waals surface area contributed by atoms with Gasteiger partial charge in [0.1, 0.15) is 0 Å². The van der Waals surface area contributed by atoms with Crippen LogP contribution in [0, 0.1) is 11.8 Å². The van der Waals surface area contributed by atoms with Gasteiger partial charge in [-0.3, -0.25) is 4.79 Å². The van der Waals surface area contributed by atoms with Gasteiger partial charge in [0, 0.05) is 12.5 Å². The van der Waals surface area contributed by atoms with Gasteiger partial charge in [0.15, 0.2) is 0 Å². The number of nitrogens with one attached hydrogen (secondary N) is 1. The minimum Gasteiger partial charge on any atom is -0.387 e. The minimum absolute atomic E-state index is 0.0235. The van der Waals surface area contributed by atoms with Crippen LogP contribution in [0.25, 0.3) is 0 Å². The van der Waals surface area contributed by atoms with Gasteiger partial charge in [-0.25, -0.2) is 0 Å². The maximum absolute atomic E-state index is 13.0. The van der Waals surface area contributed by atoms with Crippen LogP contribution in [-0.2, 0) is 11.3 Å². The maximum Gasteiger partial charge on any atom is 0.226 e. The molecule has 0 spiro atoms. The number of rotatable bonds is 7. The highest BCUT2D eigenvalue weighted by Crippen LogP contribution is 2.23. The maximum atomic E-state index is 13.0. The van der Waals surface area contributed by atoms with Gasteiger partial charge in [-0.15, -0.1) is 0 Å². The van der Waals surface area contributed by atoms with Gasteiger partial charge in [0.2, 0.25) is 5.91 Å². The Bertz CT molecular complexity index is 641. The van der Waals surface area contributed by atoms with Crippen LogP contribution in [0.4, 0.5) is 0 Å². The van der Waals surface area contributed by atoms with Crippen LogP contribution in [0.2, 0.25) is 0 Å². The molecule has 0 aliphatic carbocycles. The lowest BCUT2D eigenvalue weighted by molar-refractivity contribution is -0.139. The van der Waals surface area contributed by atoms with E-state index in [0.29, 0.717) is 19.0 Å². The molecule has 2 aromatic rings. The average Bonchev–Trinajstić information content (AvgIpc) is 3.07. The molecule has 24 heavy (non-hydrogen) atoms. The second-order valence-electron chi connectivity index (χ2n) is 6.48. The Morgan fingerprint density at radius 3 is 2.67 bits per heavy atom. The predicted octanol–water partition coefficient (Wildman–Crippen LogP) is 2.67. The Morgan fingerprint density at radius 1 is 1.33 bits per heavy atom. The molecule has 1 aromatic heterocycles. The quantitative estimate of drug-likeness (QED) is 0.812. The molecule has 1 aliphatic rings. The standard InChI is InChI=1S/C19H24N2O2S/c1-14(17-9-20-10-17)19(23)21(11-15-5-3-2-4-6-15)12-18(22)16-7-8-24-13-16/h2-8,13-14,17-18,20,22H,9-12H2,1H3. The van der Waals surface area contributed by atoms with Crippen molar-refractivity contribution < 1.29 is 9.90 Å². The Morgan fingerprint density at radius 2 is 2.08 bits per heavy atom. The number of carbonyl (C=O) groups excluding carboxylic acids is 1. The highest BCUT2D eigenvalue weighted by Gasteiger charge is 2.32. The Hall–Kier alpha value is -1.69. The van der Waals surface area contributed by atoms with Crippen molar-refractivity contribution in [2.75, 3.05) is 19.6 Å². The molecular formula is C19H24N2O2S. The predicted molar refractivity (Wildman–Crippen MR) is 96.7 cm³/mol. The van der Waals surface area contributed by atoms with Gasteiger partial charge in [-0.2, -0.15) is 11.3 Å². The zero-order valence-electron chi connectivity index (χ0n) is 13.9. The van der Waals surface area contributed by atoms with E-state index in [2.05, 4.69) is 5.32 Å². The van der Waals surface area contributed by atoms with Gasteiger partial charge in [0.25, 0.3) is 0 Å². The molecule has 1 aromatic carbocycles. The van der Waals surface area contributed by atoms with Crippen LogP contribution in [-0.4, -0.2) is 35.5 Å². The summed E-state index contributed by atoms with van der Waals surface area (Å²) in [6.07, 6.45) is -0.643. The van der Waals surface area contributed by atoms with E-state index < -0.39 is 6.10 Å². The Kier molecular flexibility index (Phi) is 5.66. The number of hydrogen-bond donors (Lipinski definition) is 2. The van der Waals surface area contributed by atoms with Crippen LogP contribution in [0.3, 0.4) is 0 Å². The van der Waals surface area contributed by atoms with E-state index in [1.807, 2.05) is 54.1 Å². The zero-order valence-corrected chi connectivity index (χ0v) is 14.7. The largest absolute Gasteiger partial charge is 0.387 e. The third kappa shape index (κ3) is 4.04. The van der Waals surface area contributed by atoms with E-state index in [1.165, 1.54) is 0 Å². The summed E-state index contributed by atoms with van der Waals surface area (Å²) in [4.78, 5) is 14.8. The van der Waals surface area contributed by atoms with E-state index in [-0.39, 0.29) is 11.8 Å². The lowest BCUT2D eigenvalue weighted by Gasteiger charge is -2.35. The van der Waals surface area contributed by atoms with Gasteiger partial charge in [0.05, 0.1) is 12.6 Å². The highest BCUT2D eigenvalue weighted by molar-refractivity contribution is 7.07. The van der Waals surface area contributed by atoms with Crippen LogP contribution < -0.4 is 5.32 Å². The summed E-state index contributed by atoms with van der Waals surface area (Å²) in [7, 11) is 0. The second-order valence-corrected chi connectivity index (χ2v) is 7.26. The highest BCUT2D eigenvalue weighted by atomic mass is 32.1. The molecular weight excluding hydrogens is 320 g/mol. The summed E-state index contributed by atoms with van der Waals surface area (Å²) < 4.78 is 0. The van der Waals surface area contributed by atoms with E-state index in [9.17, 15) is 9.90 Å². The Labute approximate surface area is 147 Å². The number of thiophene rings is 1. The molecule has 1 amide bonds. The molecule has 2 heterocycles. The molecule has 1 fully saturated rings. The fourth-order valence-corrected chi connectivity index (χ4v) is 3.68. The number of benzene rings is 1. The van der Waals surface area contributed by atoms with Crippen LogP contribution >= 0.6 is 11.3 Å². The van der Waals surface area contributed by atoms with Crippen molar-refractivity contribution in [1.82, 2.24) is 10.2 Å².